The lowest BCUT2D eigenvalue weighted by Gasteiger charge is -2.34. The second-order valence-corrected chi connectivity index (χ2v) is 6.42. The number of hydrogen-bond donors (Lipinski definition) is 1. The molecule has 0 unspecified atom stereocenters. The van der Waals surface area contributed by atoms with E-state index in [1.807, 2.05) is 0 Å². The van der Waals surface area contributed by atoms with Gasteiger partial charge in [-0.1, -0.05) is 17.7 Å². The first-order valence-electron chi connectivity index (χ1n) is 7.67. The summed E-state index contributed by atoms with van der Waals surface area (Å²) in [6.07, 6.45) is -0.653. The summed E-state index contributed by atoms with van der Waals surface area (Å²) < 4.78 is 13.4. The van der Waals surface area contributed by atoms with E-state index >= 15 is 0 Å². The van der Waals surface area contributed by atoms with Gasteiger partial charge >= 0.3 is 0 Å². The highest BCUT2D eigenvalue weighted by atomic mass is 35.5. The summed E-state index contributed by atoms with van der Waals surface area (Å²) in [6.45, 7) is 4.45. The lowest BCUT2D eigenvalue weighted by molar-refractivity contribution is 0.0501. The van der Waals surface area contributed by atoms with Gasteiger partial charge in [0, 0.05) is 46.3 Å². The number of halogens is 2. The molecule has 1 aliphatic rings. The minimum absolute atomic E-state index is 0.112. The molecular formula is C16H23ClFN3O2. The fourth-order valence-electron chi connectivity index (χ4n) is 2.66. The Labute approximate surface area is 141 Å². The Morgan fingerprint density at radius 2 is 2.04 bits per heavy atom. The summed E-state index contributed by atoms with van der Waals surface area (Å²) in [5.74, 6) is -1.02. The topological polar surface area (TPSA) is 47.0 Å². The predicted octanol–water partition coefficient (Wildman–Crippen LogP) is 1.16. The quantitative estimate of drug-likeness (QED) is 0.871. The van der Waals surface area contributed by atoms with E-state index in [4.69, 9.17) is 11.6 Å². The number of aliphatic hydroxyl groups excluding tert-OH is 1. The van der Waals surface area contributed by atoms with Crippen LogP contribution in [0.25, 0.3) is 0 Å². The highest BCUT2D eigenvalue weighted by Gasteiger charge is 2.22. The fourth-order valence-corrected chi connectivity index (χ4v) is 2.87. The van der Waals surface area contributed by atoms with E-state index in [0.717, 1.165) is 26.2 Å². The van der Waals surface area contributed by atoms with Crippen LogP contribution >= 0.6 is 11.6 Å². The zero-order valence-electron chi connectivity index (χ0n) is 13.5. The Hall–Kier alpha value is -1.21. The van der Waals surface area contributed by atoms with Crippen molar-refractivity contribution in [1.29, 1.82) is 0 Å². The number of carbonyl (C=O) groups excluding carboxylic acids is 1. The van der Waals surface area contributed by atoms with Gasteiger partial charge in [-0.3, -0.25) is 9.69 Å². The van der Waals surface area contributed by atoms with Crippen LogP contribution in [0.15, 0.2) is 18.2 Å². The van der Waals surface area contributed by atoms with Crippen LogP contribution in [-0.2, 0) is 0 Å². The van der Waals surface area contributed by atoms with Gasteiger partial charge in [-0.25, -0.2) is 4.39 Å². The van der Waals surface area contributed by atoms with Crippen molar-refractivity contribution in [3.05, 3.63) is 34.6 Å². The first-order valence-corrected chi connectivity index (χ1v) is 8.04. The third kappa shape index (κ3) is 4.88. The van der Waals surface area contributed by atoms with Crippen molar-refractivity contribution in [2.75, 3.05) is 53.4 Å². The lowest BCUT2D eigenvalue weighted by Crippen LogP contribution is -2.49. The molecule has 2 rings (SSSR count). The van der Waals surface area contributed by atoms with Gasteiger partial charge in [0.1, 0.15) is 5.82 Å². The van der Waals surface area contributed by atoms with Gasteiger partial charge in [0.2, 0.25) is 0 Å². The van der Waals surface area contributed by atoms with Gasteiger partial charge in [-0.05, 0) is 19.2 Å². The van der Waals surface area contributed by atoms with Crippen molar-refractivity contribution in [1.82, 2.24) is 14.7 Å². The molecule has 1 heterocycles. The Morgan fingerprint density at radius 1 is 1.39 bits per heavy atom. The number of carbonyl (C=O) groups is 1. The molecule has 1 amide bonds. The smallest absolute Gasteiger partial charge is 0.255 e. The second kappa shape index (κ2) is 8.06. The van der Waals surface area contributed by atoms with Gasteiger partial charge in [0.15, 0.2) is 0 Å². The molecule has 0 bridgehead atoms. The largest absolute Gasteiger partial charge is 0.390 e. The van der Waals surface area contributed by atoms with Gasteiger partial charge in [0.05, 0.1) is 16.7 Å². The van der Waals surface area contributed by atoms with Crippen LogP contribution in [-0.4, -0.2) is 85.2 Å². The highest BCUT2D eigenvalue weighted by Crippen LogP contribution is 2.21. The van der Waals surface area contributed by atoms with E-state index in [1.54, 1.807) is 7.05 Å². The number of benzene rings is 1. The number of likely N-dealkylation sites (N-methyl/N-ethyl adjacent to an activating group) is 2. The lowest BCUT2D eigenvalue weighted by atomic mass is 10.2. The van der Waals surface area contributed by atoms with Crippen LogP contribution in [0.5, 0.6) is 0 Å². The molecule has 1 fully saturated rings. The Morgan fingerprint density at radius 3 is 2.70 bits per heavy atom. The Kier molecular flexibility index (Phi) is 6.35. The van der Waals surface area contributed by atoms with Gasteiger partial charge in [0.25, 0.3) is 5.91 Å². The molecule has 1 aromatic rings. The van der Waals surface area contributed by atoms with Crippen molar-refractivity contribution >= 4 is 17.5 Å². The van der Waals surface area contributed by atoms with Crippen molar-refractivity contribution in [2.24, 2.45) is 0 Å². The summed E-state index contributed by atoms with van der Waals surface area (Å²) in [5, 5.41) is 10.0. The Balaban J connectivity index is 1.89. The molecule has 0 aliphatic carbocycles. The molecule has 0 radical (unpaired) electrons. The Bertz CT molecular complexity index is 550. The van der Waals surface area contributed by atoms with Gasteiger partial charge in [-0.2, -0.15) is 0 Å². The number of nitrogens with zero attached hydrogens (tertiary/aromatic N) is 3. The fraction of sp³-hybridized carbons (Fsp3) is 0.562. The van der Waals surface area contributed by atoms with Gasteiger partial charge in [-0.15, -0.1) is 0 Å². The maximum Gasteiger partial charge on any atom is 0.255 e. The number of amides is 1. The zero-order chi connectivity index (χ0) is 17.0. The average Bonchev–Trinajstić information content (AvgIpc) is 2.51. The molecule has 1 aliphatic heterocycles. The van der Waals surface area contributed by atoms with Crippen LogP contribution in [0, 0.1) is 5.82 Å². The zero-order valence-corrected chi connectivity index (χ0v) is 14.3. The second-order valence-electron chi connectivity index (χ2n) is 6.04. The van der Waals surface area contributed by atoms with Crippen LogP contribution in [0.4, 0.5) is 4.39 Å². The van der Waals surface area contributed by atoms with E-state index in [1.165, 1.54) is 23.1 Å². The molecule has 1 atom stereocenters. The summed E-state index contributed by atoms with van der Waals surface area (Å²) >= 11 is 5.84. The minimum atomic E-state index is -0.653. The number of piperazine rings is 1. The van der Waals surface area contributed by atoms with Crippen molar-refractivity contribution in [2.45, 2.75) is 6.10 Å². The standard InChI is InChI=1S/C16H23ClFN3O2/c1-19-6-8-21(9-7-19)11-12(22)10-20(2)16(23)13-4-3-5-14(18)15(13)17/h3-5,12,22H,6-11H2,1-2H3/t12-/m0/s1. The molecular weight excluding hydrogens is 321 g/mol. The molecule has 7 heteroatoms. The monoisotopic (exact) mass is 343 g/mol. The normalized spacial score (nSPS) is 18.0. The number of β-amino-alcohol motifs (C(OH)–C–C–N with tert-alkyl or cyclic N) is 1. The van der Waals surface area contributed by atoms with Crippen LogP contribution in [0.2, 0.25) is 5.02 Å². The van der Waals surface area contributed by atoms with E-state index in [0.29, 0.717) is 6.54 Å². The number of hydrogen-bond acceptors (Lipinski definition) is 4. The van der Waals surface area contributed by atoms with Gasteiger partial charge < -0.3 is 14.9 Å². The average molecular weight is 344 g/mol. The first kappa shape index (κ1) is 18.1. The third-order valence-electron chi connectivity index (χ3n) is 4.08. The number of rotatable bonds is 5. The molecule has 0 aromatic heterocycles. The number of aliphatic hydroxyl groups is 1. The first-order chi connectivity index (χ1) is 10.9. The van der Waals surface area contributed by atoms with Crippen molar-refractivity contribution in [3.8, 4) is 0 Å². The van der Waals surface area contributed by atoms with E-state index in [2.05, 4.69) is 16.8 Å². The van der Waals surface area contributed by atoms with E-state index < -0.39 is 17.8 Å². The maximum atomic E-state index is 13.4. The van der Waals surface area contributed by atoms with E-state index in [-0.39, 0.29) is 17.1 Å². The minimum Gasteiger partial charge on any atom is -0.390 e. The van der Waals surface area contributed by atoms with Crippen LogP contribution < -0.4 is 0 Å². The van der Waals surface area contributed by atoms with Crippen LogP contribution in [0.1, 0.15) is 10.4 Å². The van der Waals surface area contributed by atoms with Crippen molar-refractivity contribution < 1.29 is 14.3 Å². The highest BCUT2D eigenvalue weighted by molar-refractivity contribution is 6.33. The summed E-state index contributed by atoms with van der Waals surface area (Å²) in [6, 6.07) is 4.14. The SMILES string of the molecule is CN1CCN(C[C@@H](O)CN(C)C(=O)c2cccc(F)c2Cl)CC1. The molecule has 0 saturated carbocycles. The molecule has 0 spiro atoms. The maximum absolute atomic E-state index is 13.4. The van der Waals surface area contributed by atoms with E-state index in [9.17, 15) is 14.3 Å². The molecule has 1 N–H and O–H groups in total. The molecule has 1 aromatic carbocycles. The summed E-state index contributed by atoms with van der Waals surface area (Å²) in [4.78, 5) is 18.1. The molecule has 23 heavy (non-hydrogen) atoms. The van der Waals surface area contributed by atoms with Crippen molar-refractivity contribution in [3.63, 3.8) is 0 Å². The predicted molar refractivity (Wildman–Crippen MR) is 88.3 cm³/mol. The van der Waals surface area contributed by atoms with Crippen LogP contribution in [0.3, 0.4) is 0 Å². The molecule has 5 nitrogen and oxygen atoms in total. The third-order valence-corrected chi connectivity index (χ3v) is 4.46. The molecule has 128 valence electrons. The summed E-state index contributed by atoms with van der Waals surface area (Å²) in [5.41, 5.74) is 0.112. The molecule has 1 saturated heterocycles. The summed E-state index contributed by atoms with van der Waals surface area (Å²) in [7, 11) is 3.65.